The number of hydrogen-bond acceptors (Lipinski definition) is 6. The first-order valence-electron chi connectivity index (χ1n) is 11.3. The van der Waals surface area contributed by atoms with Gasteiger partial charge in [-0.3, -0.25) is 9.59 Å². The molecule has 2 aromatic rings. The number of nitrogens with one attached hydrogen (secondary N) is 2. The van der Waals surface area contributed by atoms with Gasteiger partial charge in [0.15, 0.2) is 5.78 Å². The van der Waals surface area contributed by atoms with E-state index in [9.17, 15) is 14.9 Å². The molecule has 0 unspecified atom stereocenters. The number of amides is 1. The highest BCUT2D eigenvalue weighted by Gasteiger charge is 2.42. The molecule has 186 valence electrons. The number of Topliss-reactive ketones (excluding diaryl/α,β-unsaturated/α-hetero) is 1. The minimum absolute atomic E-state index is 0.0312. The van der Waals surface area contributed by atoms with Gasteiger partial charge in [-0.25, -0.2) is 0 Å². The zero-order valence-corrected chi connectivity index (χ0v) is 22.4. The minimum Gasteiger partial charge on any atom is -0.497 e. The number of carbonyl (C=O) groups is 2. The number of hydrogen-bond donors (Lipinski definition) is 2. The van der Waals surface area contributed by atoms with Crippen LogP contribution in [0.15, 0.2) is 64.3 Å². The third-order valence-corrected chi connectivity index (χ3v) is 7.88. The quantitative estimate of drug-likeness (QED) is 0.437. The average Bonchev–Trinajstić information content (AvgIpc) is 2.83. The number of allylic oxidation sites excluding steroid dienone is 3. The normalized spacial score (nSPS) is 18.8. The molecular formula is C27H25Cl2N3O3S. The number of nitriles is 1. The molecule has 6 nitrogen and oxygen atoms in total. The van der Waals surface area contributed by atoms with Crippen LogP contribution in [0.1, 0.15) is 38.2 Å². The lowest BCUT2D eigenvalue weighted by molar-refractivity contribution is -0.118. The zero-order valence-electron chi connectivity index (χ0n) is 20.1. The number of nitrogens with zero attached hydrogens (tertiary/aromatic N) is 1. The second-order valence-corrected chi connectivity index (χ2v) is 11.3. The summed E-state index contributed by atoms with van der Waals surface area (Å²) < 4.78 is 5.28. The Labute approximate surface area is 224 Å². The molecule has 36 heavy (non-hydrogen) atoms. The maximum Gasteiger partial charge on any atom is 0.234 e. The van der Waals surface area contributed by atoms with Crippen molar-refractivity contribution in [2.45, 2.75) is 32.6 Å². The van der Waals surface area contributed by atoms with Gasteiger partial charge < -0.3 is 15.4 Å². The Balaban J connectivity index is 1.64. The summed E-state index contributed by atoms with van der Waals surface area (Å²) in [5, 5.41) is 17.6. The van der Waals surface area contributed by atoms with Crippen LogP contribution in [0.5, 0.6) is 5.75 Å². The van der Waals surface area contributed by atoms with Crippen molar-refractivity contribution in [1.82, 2.24) is 5.32 Å². The maximum atomic E-state index is 13.3. The Bertz CT molecular complexity index is 1330. The first kappa shape index (κ1) is 26.2. The summed E-state index contributed by atoms with van der Waals surface area (Å²) >= 11 is 13.2. The average molecular weight is 542 g/mol. The second-order valence-electron chi connectivity index (χ2n) is 9.48. The van der Waals surface area contributed by atoms with Crippen LogP contribution in [0.4, 0.5) is 5.69 Å². The monoisotopic (exact) mass is 541 g/mol. The van der Waals surface area contributed by atoms with E-state index in [-0.39, 0.29) is 22.9 Å². The molecule has 1 amide bonds. The summed E-state index contributed by atoms with van der Waals surface area (Å²) in [5.41, 5.74) is 3.00. The predicted octanol–water partition coefficient (Wildman–Crippen LogP) is 6.44. The lowest BCUT2D eigenvalue weighted by Gasteiger charge is -2.39. The summed E-state index contributed by atoms with van der Waals surface area (Å²) in [7, 11) is 1.59. The maximum absolute atomic E-state index is 13.3. The molecule has 0 saturated heterocycles. The number of rotatable bonds is 6. The van der Waals surface area contributed by atoms with Gasteiger partial charge in [-0.15, -0.1) is 0 Å². The van der Waals surface area contributed by atoms with Crippen molar-refractivity contribution in [3.8, 4) is 11.8 Å². The van der Waals surface area contributed by atoms with Crippen LogP contribution in [0.25, 0.3) is 0 Å². The number of ether oxygens (including phenoxy) is 1. The van der Waals surface area contributed by atoms with Gasteiger partial charge in [0, 0.05) is 23.4 Å². The molecule has 0 bridgehead atoms. The first-order valence-corrected chi connectivity index (χ1v) is 13.0. The van der Waals surface area contributed by atoms with Crippen molar-refractivity contribution >= 4 is 52.3 Å². The van der Waals surface area contributed by atoms with E-state index in [1.165, 1.54) is 11.8 Å². The smallest absolute Gasteiger partial charge is 0.234 e. The Morgan fingerprint density at radius 2 is 1.92 bits per heavy atom. The van der Waals surface area contributed by atoms with Crippen molar-refractivity contribution in [2.75, 3.05) is 18.2 Å². The van der Waals surface area contributed by atoms with E-state index in [2.05, 4.69) is 30.6 Å². The Kier molecular flexibility index (Phi) is 7.70. The fraction of sp³-hybridized carbons (Fsp3) is 0.296. The highest BCUT2D eigenvalue weighted by molar-refractivity contribution is 8.03. The van der Waals surface area contributed by atoms with Gasteiger partial charge in [0.2, 0.25) is 5.91 Å². The molecule has 0 spiro atoms. The van der Waals surface area contributed by atoms with Gasteiger partial charge in [0.1, 0.15) is 5.75 Å². The highest BCUT2D eigenvalue weighted by atomic mass is 35.5. The fourth-order valence-corrected chi connectivity index (χ4v) is 5.69. The van der Waals surface area contributed by atoms with Crippen LogP contribution in [0.2, 0.25) is 10.0 Å². The third kappa shape index (κ3) is 5.57. The summed E-state index contributed by atoms with van der Waals surface area (Å²) in [5.74, 6) is 0.00762. The van der Waals surface area contributed by atoms with Crippen molar-refractivity contribution in [3.63, 3.8) is 0 Å². The Hall–Kier alpha value is -2.92. The zero-order chi connectivity index (χ0) is 26.0. The van der Waals surface area contributed by atoms with Crippen LogP contribution in [0.3, 0.4) is 0 Å². The molecule has 1 heterocycles. The summed E-state index contributed by atoms with van der Waals surface area (Å²) in [6.45, 7) is 4.11. The van der Waals surface area contributed by atoms with Crippen LogP contribution in [-0.2, 0) is 9.59 Å². The van der Waals surface area contributed by atoms with Gasteiger partial charge >= 0.3 is 0 Å². The van der Waals surface area contributed by atoms with Crippen LogP contribution >= 0.6 is 35.0 Å². The molecule has 1 aliphatic carbocycles. The summed E-state index contributed by atoms with van der Waals surface area (Å²) in [4.78, 5) is 26.0. The van der Waals surface area contributed by atoms with Gasteiger partial charge in [-0.1, -0.05) is 60.9 Å². The first-order chi connectivity index (χ1) is 17.1. The molecule has 2 N–H and O–H groups in total. The molecule has 1 aliphatic heterocycles. The molecule has 1 atom stereocenters. The third-order valence-electron chi connectivity index (χ3n) is 6.13. The SMILES string of the molecule is COc1ccc([C@@H]2C(C#N)=C(SCC(=O)Nc3ccc(Cl)c(Cl)c3)NC3=C2C(=O)CC(C)(C)C3)cc1. The van der Waals surface area contributed by atoms with E-state index >= 15 is 0 Å². The van der Waals surface area contributed by atoms with Gasteiger partial charge in [0.25, 0.3) is 0 Å². The molecule has 4 rings (SSSR count). The number of dihydropyridines is 1. The number of ketones is 1. The van der Waals surface area contributed by atoms with Gasteiger partial charge in [-0.05, 0) is 47.7 Å². The molecule has 9 heteroatoms. The van der Waals surface area contributed by atoms with Crippen LogP contribution < -0.4 is 15.4 Å². The number of carbonyl (C=O) groups excluding carboxylic acids is 2. The van der Waals surface area contributed by atoms with E-state index < -0.39 is 5.92 Å². The van der Waals surface area contributed by atoms with Crippen molar-refractivity contribution in [3.05, 3.63) is 79.9 Å². The topological polar surface area (TPSA) is 91.2 Å². The van der Waals surface area contributed by atoms with Crippen molar-refractivity contribution < 1.29 is 14.3 Å². The minimum atomic E-state index is -0.513. The van der Waals surface area contributed by atoms with Crippen molar-refractivity contribution in [1.29, 1.82) is 5.26 Å². The summed E-state index contributed by atoms with van der Waals surface area (Å²) in [6.07, 6.45) is 1.08. The lowest BCUT2D eigenvalue weighted by atomic mass is 9.69. The highest BCUT2D eigenvalue weighted by Crippen LogP contribution is 2.48. The van der Waals surface area contributed by atoms with Gasteiger partial charge in [-0.2, -0.15) is 5.26 Å². The largest absolute Gasteiger partial charge is 0.497 e. The summed E-state index contributed by atoms with van der Waals surface area (Å²) in [6, 6.07) is 14.6. The Morgan fingerprint density at radius 3 is 2.56 bits per heavy atom. The molecule has 0 saturated carbocycles. The van der Waals surface area contributed by atoms with E-state index in [0.717, 1.165) is 11.3 Å². The van der Waals surface area contributed by atoms with E-state index in [4.69, 9.17) is 27.9 Å². The molecule has 0 fully saturated rings. The van der Waals surface area contributed by atoms with Crippen LogP contribution in [0, 0.1) is 16.7 Å². The molecule has 0 aromatic heterocycles. The number of halogens is 2. The van der Waals surface area contributed by atoms with Crippen molar-refractivity contribution in [2.24, 2.45) is 5.41 Å². The van der Waals surface area contributed by atoms with E-state index in [1.807, 2.05) is 24.3 Å². The predicted molar refractivity (Wildman–Crippen MR) is 144 cm³/mol. The van der Waals surface area contributed by atoms with E-state index in [0.29, 0.717) is 50.5 Å². The fourth-order valence-electron chi connectivity index (χ4n) is 4.53. The number of benzene rings is 2. The number of anilines is 1. The second kappa shape index (κ2) is 10.6. The van der Waals surface area contributed by atoms with Gasteiger partial charge in [0.05, 0.1) is 45.5 Å². The number of thioether (sulfide) groups is 1. The number of methoxy groups -OCH3 is 1. The van der Waals surface area contributed by atoms with Crippen LogP contribution in [-0.4, -0.2) is 24.6 Å². The molecular weight excluding hydrogens is 517 g/mol. The Morgan fingerprint density at radius 1 is 1.19 bits per heavy atom. The molecule has 0 radical (unpaired) electrons. The molecule has 2 aliphatic rings. The lowest BCUT2D eigenvalue weighted by Crippen LogP contribution is -2.37. The van der Waals surface area contributed by atoms with E-state index in [1.54, 1.807) is 25.3 Å². The molecule has 2 aromatic carbocycles. The standard InChI is InChI=1S/C27H25Cl2N3O3S/c1-27(2)11-21-25(22(33)12-27)24(15-4-7-17(35-3)8-5-15)18(13-30)26(32-21)36-14-23(34)31-16-6-9-19(28)20(29)10-16/h4-10,24,32H,11-12,14H2,1-3H3,(H,31,34)/t24-/m1/s1.